The molecule has 0 radical (unpaired) electrons. The predicted molar refractivity (Wildman–Crippen MR) is 69.0 cm³/mol. The minimum atomic E-state index is -1.61. The maximum absolute atomic E-state index is 13.6. The molecular formula is C11H6FN3O5S. The second kappa shape index (κ2) is 5.71. The number of carboxylic acid groups (broad SMARTS) is 1. The zero-order chi connectivity index (χ0) is 15.6. The molecule has 0 aliphatic carbocycles. The molecule has 0 unspecified atom stereocenters. The van der Waals surface area contributed by atoms with Crippen molar-refractivity contribution in [2.24, 2.45) is 0 Å². The Morgan fingerprint density at radius 1 is 1.48 bits per heavy atom. The number of aromatic nitrogens is 2. The van der Waals surface area contributed by atoms with Gasteiger partial charge in [-0.3, -0.25) is 14.9 Å². The lowest BCUT2D eigenvalue weighted by Crippen LogP contribution is -2.06. The van der Waals surface area contributed by atoms with E-state index < -0.39 is 33.5 Å². The van der Waals surface area contributed by atoms with Gasteiger partial charge in [-0.15, -0.1) is 0 Å². The predicted octanol–water partition coefficient (Wildman–Crippen LogP) is 1.67. The Bertz CT molecular complexity index is 792. The fourth-order valence-electron chi connectivity index (χ4n) is 1.44. The zero-order valence-electron chi connectivity index (χ0n) is 10.1. The third-order valence-corrected chi connectivity index (χ3v) is 3.28. The molecule has 0 atom stereocenters. The molecule has 0 aliphatic rings. The number of nitrogens with one attached hydrogen (secondary N) is 1. The summed E-state index contributed by atoms with van der Waals surface area (Å²) in [5.74, 6) is -2.73. The van der Waals surface area contributed by atoms with Crippen LogP contribution < -0.4 is 5.56 Å². The average molecular weight is 311 g/mol. The number of nitrogens with zero attached hydrogens (tertiary/aromatic N) is 2. The molecule has 1 aromatic carbocycles. The summed E-state index contributed by atoms with van der Waals surface area (Å²) in [5.41, 5.74) is -1.87. The van der Waals surface area contributed by atoms with Crippen LogP contribution in [0.4, 0.5) is 10.1 Å². The second-order valence-corrected chi connectivity index (χ2v) is 4.73. The van der Waals surface area contributed by atoms with Crippen LogP contribution in [0.15, 0.2) is 39.2 Å². The Morgan fingerprint density at radius 2 is 2.19 bits per heavy atom. The molecule has 2 N–H and O–H groups in total. The van der Waals surface area contributed by atoms with Crippen molar-refractivity contribution in [3.63, 3.8) is 0 Å². The van der Waals surface area contributed by atoms with Gasteiger partial charge in [-0.1, -0.05) is 0 Å². The Labute approximate surface area is 119 Å². The highest BCUT2D eigenvalue weighted by atomic mass is 32.2. The maximum atomic E-state index is 13.6. The smallest absolute Gasteiger partial charge is 0.338 e. The summed E-state index contributed by atoms with van der Waals surface area (Å²) in [6.07, 6.45) is 1.19. The summed E-state index contributed by atoms with van der Waals surface area (Å²) in [7, 11) is 0. The number of aromatic carboxylic acids is 1. The number of benzene rings is 1. The first kappa shape index (κ1) is 14.7. The maximum Gasteiger partial charge on any atom is 0.338 e. The molecule has 2 rings (SSSR count). The van der Waals surface area contributed by atoms with Gasteiger partial charge in [0.15, 0.2) is 5.16 Å². The molecule has 21 heavy (non-hydrogen) atoms. The summed E-state index contributed by atoms with van der Waals surface area (Å²) in [5, 5.41) is 19.7. The van der Waals surface area contributed by atoms with Gasteiger partial charge in [-0.05, 0) is 17.8 Å². The lowest BCUT2D eigenvalue weighted by molar-refractivity contribution is -0.387. The molecule has 10 heteroatoms. The summed E-state index contributed by atoms with van der Waals surface area (Å²) in [6, 6.07) is 2.49. The van der Waals surface area contributed by atoms with Crippen LogP contribution in [0, 0.1) is 15.9 Å². The van der Waals surface area contributed by atoms with Gasteiger partial charge >= 0.3 is 5.97 Å². The Hall–Kier alpha value is -2.75. The Balaban J connectivity index is 2.52. The van der Waals surface area contributed by atoms with Crippen LogP contribution in [-0.2, 0) is 0 Å². The Morgan fingerprint density at radius 3 is 2.76 bits per heavy atom. The quantitative estimate of drug-likeness (QED) is 0.499. The molecule has 0 amide bonds. The summed E-state index contributed by atoms with van der Waals surface area (Å²) >= 11 is 0.650. The van der Waals surface area contributed by atoms with Crippen LogP contribution in [0.3, 0.4) is 0 Å². The van der Waals surface area contributed by atoms with Crippen molar-refractivity contribution >= 4 is 23.4 Å². The highest BCUT2D eigenvalue weighted by Gasteiger charge is 2.23. The van der Waals surface area contributed by atoms with Crippen LogP contribution in [-0.4, -0.2) is 26.0 Å². The summed E-state index contributed by atoms with van der Waals surface area (Å²) in [6.45, 7) is 0. The third kappa shape index (κ3) is 3.23. The van der Waals surface area contributed by atoms with E-state index in [1.807, 2.05) is 0 Å². The SMILES string of the molecule is O=C(O)c1cc([N+](=O)[O-])c(Sc2nccc(=O)[nH]2)cc1F. The van der Waals surface area contributed by atoms with Gasteiger partial charge < -0.3 is 10.1 Å². The first-order chi connectivity index (χ1) is 9.88. The number of hydrogen-bond acceptors (Lipinski definition) is 6. The normalized spacial score (nSPS) is 10.3. The van der Waals surface area contributed by atoms with Crippen molar-refractivity contribution in [3.8, 4) is 0 Å². The number of carbonyl (C=O) groups is 1. The number of hydrogen-bond donors (Lipinski definition) is 2. The van der Waals surface area contributed by atoms with Gasteiger partial charge in [0.05, 0.1) is 9.82 Å². The number of carboxylic acids is 1. The summed E-state index contributed by atoms with van der Waals surface area (Å²) < 4.78 is 13.6. The lowest BCUT2D eigenvalue weighted by atomic mass is 10.2. The molecule has 0 saturated heterocycles. The minimum Gasteiger partial charge on any atom is -0.478 e. The first-order valence-electron chi connectivity index (χ1n) is 5.33. The second-order valence-electron chi connectivity index (χ2n) is 3.70. The number of H-pyrrole nitrogens is 1. The summed E-state index contributed by atoms with van der Waals surface area (Å²) in [4.78, 5) is 37.9. The van der Waals surface area contributed by atoms with Gasteiger partial charge in [0.25, 0.3) is 11.2 Å². The molecule has 0 fully saturated rings. The number of aromatic amines is 1. The molecule has 0 bridgehead atoms. The van der Waals surface area contributed by atoms with E-state index >= 15 is 0 Å². The largest absolute Gasteiger partial charge is 0.478 e. The highest BCUT2D eigenvalue weighted by Crippen LogP contribution is 2.34. The van der Waals surface area contributed by atoms with Crippen LogP contribution in [0.2, 0.25) is 0 Å². The lowest BCUT2D eigenvalue weighted by Gasteiger charge is -2.04. The van der Waals surface area contributed by atoms with Crippen molar-refractivity contribution in [1.82, 2.24) is 9.97 Å². The molecule has 8 nitrogen and oxygen atoms in total. The van der Waals surface area contributed by atoms with Crippen molar-refractivity contribution in [2.75, 3.05) is 0 Å². The van der Waals surface area contributed by atoms with E-state index in [4.69, 9.17) is 5.11 Å². The fourth-order valence-corrected chi connectivity index (χ4v) is 2.31. The van der Waals surface area contributed by atoms with Crippen molar-refractivity contribution in [1.29, 1.82) is 0 Å². The van der Waals surface area contributed by atoms with Crippen LogP contribution >= 0.6 is 11.8 Å². The minimum absolute atomic E-state index is 0.0214. The number of nitro benzene ring substituents is 1. The van der Waals surface area contributed by atoms with Gasteiger partial charge in [0.2, 0.25) is 0 Å². The number of rotatable bonds is 4. The van der Waals surface area contributed by atoms with E-state index in [1.54, 1.807) is 0 Å². The van der Waals surface area contributed by atoms with E-state index in [2.05, 4.69) is 9.97 Å². The number of nitro groups is 1. The molecule has 2 aromatic rings. The zero-order valence-corrected chi connectivity index (χ0v) is 10.9. The van der Waals surface area contributed by atoms with Crippen LogP contribution in [0.1, 0.15) is 10.4 Å². The Kier molecular flexibility index (Phi) is 3.98. The average Bonchev–Trinajstić information content (AvgIpc) is 2.37. The van der Waals surface area contributed by atoms with E-state index in [0.29, 0.717) is 17.8 Å². The van der Waals surface area contributed by atoms with Crippen molar-refractivity contribution < 1.29 is 19.2 Å². The molecule has 0 aliphatic heterocycles. The van der Waals surface area contributed by atoms with Crippen molar-refractivity contribution in [2.45, 2.75) is 10.1 Å². The van der Waals surface area contributed by atoms with Gasteiger partial charge in [-0.2, -0.15) is 0 Å². The molecule has 0 saturated carbocycles. The van der Waals surface area contributed by atoms with E-state index in [0.717, 1.165) is 12.1 Å². The van der Waals surface area contributed by atoms with Gasteiger partial charge in [0, 0.05) is 18.3 Å². The first-order valence-corrected chi connectivity index (χ1v) is 6.14. The fraction of sp³-hybridized carbons (Fsp3) is 0. The van der Waals surface area contributed by atoms with Crippen molar-refractivity contribution in [3.05, 3.63) is 56.2 Å². The topological polar surface area (TPSA) is 126 Å². The molecule has 1 heterocycles. The van der Waals surface area contributed by atoms with Gasteiger partial charge in [0.1, 0.15) is 11.4 Å². The van der Waals surface area contributed by atoms with Gasteiger partial charge in [-0.25, -0.2) is 14.2 Å². The molecule has 108 valence electrons. The van der Waals surface area contributed by atoms with Crippen LogP contribution in [0.5, 0.6) is 0 Å². The van der Waals surface area contributed by atoms with E-state index in [-0.39, 0.29) is 10.1 Å². The third-order valence-electron chi connectivity index (χ3n) is 2.33. The van der Waals surface area contributed by atoms with E-state index in [9.17, 15) is 24.1 Å². The molecule has 1 aromatic heterocycles. The van der Waals surface area contributed by atoms with E-state index in [1.165, 1.54) is 6.20 Å². The highest BCUT2D eigenvalue weighted by molar-refractivity contribution is 7.99. The number of halogens is 1. The van der Waals surface area contributed by atoms with Crippen LogP contribution in [0.25, 0.3) is 0 Å². The monoisotopic (exact) mass is 311 g/mol. The standard InChI is InChI=1S/C11H6FN3O5S/c12-6-4-8(21-11-13-2-1-9(16)14-11)7(15(19)20)3-5(6)10(17)18/h1-4H,(H,17,18)(H,13,14,16). The molecular weight excluding hydrogens is 305 g/mol. The molecule has 0 spiro atoms.